The van der Waals surface area contributed by atoms with Gasteiger partial charge in [-0.2, -0.15) is 0 Å². The highest BCUT2D eigenvalue weighted by Crippen LogP contribution is 2.18. The molecule has 15 heavy (non-hydrogen) atoms. The van der Waals surface area contributed by atoms with Crippen molar-refractivity contribution in [2.45, 2.75) is 13.8 Å². The van der Waals surface area contributed by atoms with Gasteiger partial charge in [-0.05, 0) is 25.3 Å². The molecule has 0 bridgehead atoms. The summed E-state index contributed by atoms with van der Waals surface area (Å²) in [4.78, 5) is 25.0. The van der Waals surface area contributed by atoms with E-state index in [-0.39, 0.29) is 11.1 Å². The number of aryl methyl sites for hydroxylation is 2. The maximum atomic E-state index is 11.5. The van der Waals surface area contributed by atoms with E-state index >= 15 is 0 Å². The Bertz CT molecular complexity index is 596. The molecular weight excluding hydrogens is 190 g/mol. The first-order valence-corrected chi connectivity index (χ1v) is 4.72. The number of hydrogen-bond donors (Lipinski definition) is 1. The number of rotatable bonds is 1. The summed E-state index contributed by atoms with van der Waals surface area (Å²) in [7, 11) is 0. The maximum absolute atomic E-state index is 11.5. The van der Waals surface area contributed by atoms with E-state index in [4.69, 9.17) is 0 Å². The highest BCUT2D eigenvalue weighted by molar-refractivity contribution is 5.98. The maximum Gasteiger partial charge on any atom is 0.259 e. The number of pyridine rings is 1. The zero-order valence-electron chi connectivity index (χ0n) is 8.63. The van der Waals surface area contributed by atoms with Gasteiger partial charge in [-0.15, -0.1) is 0 Å². The predicted octanol–water partition coefficient (Wildman–Crippen LogP) is 1.96. The number of nitrogens with one attached hydrogen (secondary N) is 1. The van der Waals surface area contributed by atoms with E-state index in [2.05, 4.69) is 4.98 Å². The number of aromatic nitrogens is 1. The zero-order valence-corrected chi connectivity index (χ0v) is 8.63. The van der Waals surface area contributed by atoms with Crippen molar-refractivity contribution in [1.82, 2.24) is 4.98 Å². The smallest absolute Gasteiger partial charge is 0.259 e. The van der Waals surface area contributed by atoms with Gasteiger partial charge in [0.05, 0.1) is 5.56 Å². The normalized spacial score (nSPS) is 10.5. The van der Waals surface area contributed by atoms with Crippen LogP contribution in [0.5, 0.6) is 0 Å². The highest BCUT2D eigenvalue weighted by atomic mass is 16.1. The predicted molar refractivity (Wildman–Crippen MR) is 59.4 cm³/mol. The lowest BCUT2D eigenvalue weighted by Crippen LogP contribution is -2.13. The lowest BCUT2D eigenvalue weighted by atomic mass is 10.0. The van der Waals surface area contributed by atoms with E-state index in [1.807, 2.05) is 32.0 Å². The summed E-state index contributed by atoms with van der Waals surface area (Å²) < 4.78 is 0. The summed E-state index contributed by atoms with van der Waals surface area (Å²) in [6.45, 7) is 3.81. The average Bonchev–Trinajstić information content (AvgIpc) is 2.19. The molecule has 0 radical (unpaired) electrons. The number of fused-ring (bicyclic) bond motifs is 1. The van der Waals surface area contributed by atoms with Gasteiger partial charge in [-0.25, -0.2) is 0 Å². The molecule has 3 heteroatoms. The molecule has 1 aromatic heterocycles. The van der Waals surface area contributed by atoms with E-state index in [1.165, 1.54) is 0 Å². The molecule has 0 spiro atoms. The molecule has 2 aromatic rings. The summed E-state index contributed by atoms with van der Waals surface area (Å²) >= 11 is 0. The van der Waals surface area contributed by atoms with Crippen LogP contribution in [0.2, 0.25) is 0 Å². The summed E-state index contributed by atoms with van der Waals surface area (Å²) in [5.41, 5.74) is 1.79. The zero-order chi connectivity index (χ0) is 11.0. The minimum atomic E-state index is -0.321. The molecular formula is C12H11NO2. The van der Waals surface area contributed by atoms with Gasteiger partial charge in [0.2, 0.25) is 0 Å². The van der Waals surface area contributed by atoms with Gasteiger partial charge in [-0.1, -0.05) is 17.7 Å². The van der Waals surface area contributed by atoms with Crippen LogP contribution >= 0.6 is 0 Å². The summed E-state index contributed by atoms with van der Waals surface area (Å²) in [5.74, 6) is 0. The average molecular weight is 201 g/mol. The topological polar surface area (TPSA) is 49.9 Å². The van der Waals surface area contributed by atoms with E-state index in [1.54, 1.807) is 0 Å². The summed E-state index contributed by atoms with van der Waals surface area (Å²) in [5, 5.41) is 1.65. The molecule has 0 atom stereocenters. The lowest BCUT2D eigenvalue weighted by Gasteiger charge is -2.05. The Morgan fingerprint density at radius 1 is 1.20 bits per heavy atom. The summed E-state index contributed by atoms with van der Waals surface area (Å²) in [6, 6.07) is 5.68. The largest absolute Gasteiger partial charge is 0.325 e. The molecule has 0 amide bonds. The van der Waals surface area contributed by atoms with Crippen LogP contribution in [-0.4, -0.2) is 11.3 Å². The number of H-pyrrole nitrogens is 1. The van der Waals surface area contributed by atoms with Gasteiger partial charge in [0.15, 0.2) is 6.29 Å². The molecule has 0 aliphatic carbocycles. The molecule has 1 N–H and O–H groups in total. The van der Waals surface area contributed by atoms with Gasteiger partial charge in [-0.3, -0.25) is 9.59 Å². The van der Waals surface area contributed by atoms with Gasteiger partial charge >= 0.3 is 0 Å². The third-order valence-electron chi connectivity index (χ3n) is 2.53. The van der Waals surface area contributed by atoms with Gasteiger partial charge in [0, 0.05) is 11.1 Å². The van der Waals surface area contributed by atoms with Crippen LogP contribution in [0.4, 0.5) is 0 Å². The van der Waals surface area contributed by atoms with Crippen molar-refractivity contribution in [3.63, 3.8) is 0 Å². The van der Waals surface area contributed by atoms with E-state index in [0.29, 0.717) is 6.29 Å². The molecule has 1 aromatic carbocycles. The molecule has 0 fully saturated rings. The van der Waals surface area contributed by atoms with E-state index < -0.39 is 0 Å². The van der Waals surface area contributed by atoms with Crippen LogP contribution in [-0.2, 0) is 0 Å². The van der Waals surface area contributed by atoms with Crippen LogP contribution in [0, 0.1) is 13.8 Å². The van der Waals surface area contributed by atoms with Crippen molar-refractivity contribution in [2.75, 3.05) is 0 Å². The highest BCUT2D eigenvalue weighted by Gasteiger charge is 2.07. The monoisotopic (exact) mass is 201 g/mol. The summed E-state index contributed by atoms with van der Waals surface area (Å²) in [6.07, 6.45) is 0.607. The number of carbonyl (C=O) groups is 1. The second-order valence-electron chi connectivity index (χ2n) is 3.66. The van der Waals surface area contributed by atoms with Crippen molar-refractivity contribution < 1.29 is 4.79 Å². The van der Waals surface area contributed by atoms with Crippen molar-refractivity contribution in [3.8, 4) is 0 Å². The fourth-order valence-electron chi connectivity index (χ4n) is 1.75. The lowest BCUT2D eigenvalue weighted by molar-refractivity contribution is 0.112. The van der Waals surface area contributed by atoms with Crippen LogP contribution in [0.1, 0.15) is 21.6 Å². The number of aromatic amines is 1. The fourth-order valence-corrected chi connectivity index (χ4v) is 1.75. The van der Waals surface area contributed by atoms with Crippen molar-refractivity contribution in [2.24, 2.45) is 0 Å². The Hall–Kier alpha value is -1.90. The van der Waals surface area contributed by atoms with Crippen LogP contribution < -0.4 is 5.56 Å². The quantitative estimate of drug-likeness (QED) is 0.717. The van der Waals surface area contributed by atoms with Crippen molar-refractivity contribution in [3.05, 3.63) is 45.4 Å². The third kappa shape index (κ3) is 1.46. The first-order chi connectivity index (χ1) is 7.13. The Balaban J connectivity index is 3.03. The van der Waals surface area contributed by atoms with Gasteiger partial charge in [0.25, 0.3) is 5.56 Å². The molecule has 0 unspecified atom stereocenters. The standard InChI is InChI=1S/C12H11NO2/c1-7-3-4-9-10(5-7)8(2)13-12(15)11(9)6-14/h3-6H,1-2H3,(H,13,15). The minimum absolute atomic E-state index is 0.204. The fraction of sp³-hybridized carbons (Fsp3) is 0.167. The Kier molecular flexibility index (Phi) is 2.15. The second-order valence-corrected chi connectivity index (χ2v) is 3.66. The first-order valence-electron chi connectivity index (χ1n) is 4.72. The molecule has 0 aliphatic rings. The SMILES string of the molecule is Cc1ccc2c(C=O)c(=O)[nH]c(C)c2c1. The van der Waals surface area contributed by atoms with E-state index in [9.17, 15) is 9.59 Å². The molecule has 76 valence electrons. The first kappa shape index (κ1) is 9.65. The van der Waals surface area contributed by atoms with E-state index in [0.717, 1.165) is 22.0 Å². The van der Waals surface area contributed by atoms with Crippen LogP contribution in [0.25, 0.3) is 10.8 Å². The molecule has 2 rings (SSSR count). The third-order valence-corrected chi connectivity index (χ3v) is 2.53. The minimum Gasteiger partial charge on any atom is -0.325 e. The van der Waals surface area contributed by atoms with Crippen molar-refractivity contribution >= 4 is 17.1 Å². The second kappa shape index (κ2) is 3.35. The Morgan fingerprint density at radius 2 is 1.93 bits per heavy atom. The van der Waals surface area contributed by atoms with Gasteiger partial charge < -0.3 is 4.98 Å². The Labute approximate surface area is 86.8 Å². The van der Waals surface area contributed by atoms with Crippen LogP contribution in [0.3, 0.4) is 0 Å². The molecule has 3 nitrogen and oxygen atoms in total. The number of hydrogen-bond acceptors (Lipinski definition) is 2. The van der Waals surface area contributed by atoms with Crippen molar-refractivity contribution in [1.29, 1.82) is 0 Å². The van der Waals surface area contributed by atoms with Gasteiger partial charge in [0.1, 0.15) is 0 Å². The molecule has 0 aliphatic heterocycles. The molecule has 1 heterocycles. The number of benzene rings is 1. The number of carbonyl (C=O) groups excluding carboxylic acids is 1. The molecule has 0 saturated carbocycles. The van der Waals surface area contributed by atoms with Crippen LogP contribution in [0.15, 0.2) is 23.0 Å². The molecule has 0 saturated heterocycles. The Morgan fingerprint density at radius 3 is 2.60 bits per heavy atom. The number of aldehydes is 1.